The van der Waals surface area contributed by atoms with Crippen molar-refractivity contribution < 1.29 is 9.18 Å². The van der Waals surface area contributed by atoms with E-state index in [-0.39, 0.29) is 11.5 Å². The largest absolute Gasteiger partial charge is 0.368 e. The Morgan fingerprint density at radius 3 is 2.86 bits per heavy atom. The maximum Gasteiger partial charge on any atom is 0.239 e. The molecule has 1 heterocycles. The van der Waals surface area contributed by atoms with E-state index in [9.17, 15) is 9.18 Å². The molecule has 1 aromatic heterocycles. The summed E-state index contributed by atoms with van der Waals surface area (Å²) in [5.74, 6) is -1.15. The van der Waals surface area contributed by atoms with Crippen LogP contribution in [-0.2, 0) is 4.79 Å². The molecule has 0 bridgehead atoms. The van der Waals surface area contributed by atoms with Crippen molar-refractivity contribution in [1.82, 2.24) is 9.97 Å². The lowest BCUT2D eigenvalue weighted by Gasteiger charge is -2.11. The Kier molecular flexibility index (Phi) is 2.95. The number of anilines is 1. The molecule has 6 heteroatoms. The number of amides is 1. The van der Waals surface area contributed by atoms with Crippen LogP contribution in [0.15, 0.2) is 6.33 Å². The molecule has 0 spiro atoms. The second-order valence-corrected chi connectivity index (χ2v) is 2.89. The Labute approximate surface area is 80.5 Å². The van der Waals surface area contributed by atoms with Crippen molar-refractivity contribution in [2.75, 3.05) is 5.32 Å². The molecule has 0 aliphatic carbocycles. The molecule has 76 valence electrons. The molecule has 1 aromatic rings. The fourth-order valence-electron chi connectivity index (χ4n) is 0.835. The summed E-state index contributed by atoms with van der Waals surface area (Å²) in [6, 6.07) is -0.668. The first kappa shape index (κ1) is 10.4. The Balaban J connectivity index is 2.87. The molecule has 1 atom stereocenters. The summed E-state index contributed by atoms with van der Waals surface area (Å²) in [7, 11) is 0. The van der Waals surface area contributed by atoms with E-state index in [1.54, 1.807) is 0 Å². The van der Waals surface area contributed by atoms with Gasteiger partial charge in [0.2, 0.25) is 5.91 Å². The van der Waals surface area contributed by atoms with Crippen LogP contribution in [0, 0.1) is 12.7 Å². The molecular formula is C8H11FN4O. The van der Waals surface area contributed by atoms with Crippen LogP contribution in [0.25, 0.3) is 0 Å². The summed E-state index contributed by atoms with van der Waals surface area (Å²) < 4.78 is 13.3. The third-order valence-corrected chi connectivity index (χ3v) is 1.74. The minimum Gasteiger partial charge on any atom is -0.368 e. The molecule has 14 heavy (non-hydrogen) atoms. The summed E-state index contributed by atoms with van der Waals surface area (Å²) in [6.45, 7) is 3.04. The molecular weight excluding hydrogens is 187 g/mol. The van der Waals surface area contributed by atoms with Crippen molar-refractivity contribution >= 4 is 11.7 Å². The van der Waals surface area contributed by atoms with E-state index >= 15 is 0 Å². The number of halogens is 1. The Bertz CT molecular complexity index is 355. The van der Waals surface area contributed by atoms with Crippen LogP contribution in [-0.4, -0.2) is 21.9 Å². The van der Waals surface area contributed by atoms with Gasteiger partial charge in [0.05, 0.1) is 5.69 Å². The lowest BCUT2D eigenvalue weighted by Crippen LogP contribution is -2.33. The lowest BCUT2D eigenvalue weighted by atomic mass is 10.3. The van der Waals surface area contributed by atoms with Crippen LogP contribution in [0.3, 0.4) is 0 Å². The molecule has 5 nitrogen and oxygen atoms in total. The van der Waals surface area contributed by atoms with Crippen molar-refractivity contribution in [3.63, 3.8) is 0 Å². The maximum absolute atomic E-state index is 13.3. The van der Waals surface area contributed by atoms with Gasteiger partial charge in [0, 0.05) is 0 Å². The SMILES string of the molecule is Cc1ncnc(NC(C)C(N)=O)c1F. The molecule has 1 rings (SSSR count). The molecule has 0 radical (unpaired) electrons. The van der Waals surface area contributed by atoms with Gasteiger partial charge in [0.1, 0.15) is 12.4 Å². The molecule has 0 saturated heterocycles. The highest BCUT2D eigenvalue weighted by Crippen LogP contribution is 2.12. The predicted molar refractivity (Wildman–Crippen MR) is 49.0 cm³/mol. The first-order chi connectivity index (χ1) is 6.52. The third-order valence-electron chi connectivity index (χ3n) is 1.74. The summed E-state index contributed by atoms with van der Waals surface area (Å²) in [5, 5.41) is 2.55. The van der Waals surface area contributed by atoms with Crippen LogP contribution in [0.4, 0.5) is 10.2 Å². The maximum atomic E-state index is 13.3. The second-order valence-electron chi connectivity index (χ2n) is 2.89. The van der Waals surface area contributed by atoms with Crippen LogP contribution in [0.5, 0.6) is 0 Å². The number of nitrogens with zero attached hydrogens (tertiary/aromatic N) is 2. The number of carbonyl (C=O) groups is 1. The van der Waals surface area contributed by atoms with E-state index in [1.807, 2.05) is 0 Å². The fraction of sp³-hybridized carbons (Fsp3) is 0.375. The second kappa shape index (κ2) is 3.99. The highest BCUT2D eigenvalue weighted by atomic mass is 19.1. The zero-order valence-corrected chi connectivity index (χ0v) is 7.91. The Morgan fingerprint density at radius 2 is 2.29 bits per heavy atom. The third kappa shape index (κ3) is 2.15. The molecule has 0 aromatic carbocycles. The zero-order valence-electron chi connectivity index (χ0n) is 7.91. The highest BCUT2D eigenvalue weighted by molar-refractivity contribution is 5.82. The summed E-state index contributed by atoms with van der Waals surface area (Å²) >= 11 is 0. The van der Waals surface area contributed by atoms with E-state index < -0.39 is 17.8 Å². The van der Waals surface area contributed by atoms with Crippen LogP contribution < -0.4 is 11.1 Å². The predicted octanol–water partition coefficient (Wildman–Crippen LogP) is 0.210. The van der Waals surface area contributed by atoms with Gasteiger partial charge in [-0.1, -0.05) is 0 Å². The van der Waals surface area contributed by atoms with E-state index in [2.05, 4.69) is 15.3 Å². The molecule has 1 unspecified atom stereocenters. The quantitative estimate of drug-likeness (QED) is 0.727. The lowest BCUT2D eigenvalue weighted by molar-refractivity contribution is -0.118. The number of primary amides is 1. The number of carbonyl (C=O) groups excluding carboxylic acids is 1. The summed E-state index contributed by atoms with van der Waals surface area (Å²) in [6.07, 6.45) is 1.22. The van der Waals surface area contributed by atoms with Crippen molar-refractivity contribution in [2.24, 2.45) is 5.73 Å². The van der Waals surface area contributed by atoms with Gasteiger partial charge >= 0.3 is 0 Å². The average molecular weight is 198 g/mol. The number of aryl methyl sites for hydroxylation is 1. The van der Waals surface area contributed by atoms with Gasteiger partial charge in [-0.2, -0.15) is 0 Å². The summed E-state index contributed by atoms with van der Waals surface area (Å²) in [5.41, 5.74) is 5.23. The first-order valence-electron chi connectivity index (χ1n) is 4.05. The van der Waals surface area contributed by atoms with Gasteiger partial charge in [0.15, 0.2) is 11.6 Å². The monoisotopic (exact) mass is 198 g/mol. The first-order valence-corrected chi connectivity index (χ1v) is 4.05. The van der Waals surface area contributed by atoms with E-state index in [0.717, 1.165) is 0 Å². The molecule has 0 aliphatic rings. The fourth-order valence-corrected chi connectivity index (χ4v) is 0.835. The molecule has 0 saturated carbocycles. The Hall–Kier alpha value is -1.72. The van der Waals surface area contributed by atoms with E-state index in [4.69, 9.17) is 5.73 Å². The van der Waals surface area contributed by atoms with Crippen LogP contribution in [0.1, 0.15) is 12.6 Å². The van der Waals surface area contributed by atoms with Crippen molar-refractivity contribution in [3.05, 3.63) is 17.8 Å². The van der Waals surface area contributed by atoms with Crippen molar-refractivity contribution in [2.45, 2.75) is 19.9 Å². The van der Waals surface area contributed by atoms with Gasteiger partial charge in [-0.25, -0.2) is 14.4 Å². The van der Waals surface area contributed by atoms with Gasteiger partial charge in [-0.3, -0.25) is 4.79 Å². The average Bonchev–Trinajstić information content (AvgIpc) is 2.12. The number of hydrogen-bond acceptors (Lipinski definition) is 4. The summed E-state index contributed by atoms with van der Waals surface area (Å²) in [4.78, 5) is 18.0. The zero-order chi connectivity index (χ0) is 10.7. The van der Waals surface area contributed by atoms with Crippen LogP contribution >= 0.6 is 0 Å². The van der Waals surface area contributed by atoms with Crippen molar-refractivity contribution in [1.29, 1.82) is 0 Å². The van der Waals surface area contributed by atoms with Crippen molar-refractivity contribution in [3.8, 4) is 0 Å². The minimum absolute atomic E-state index is 0.0104. The molecule has 0 aliphatic heterocycles. The van der Waals surface area contributed by atoms with Gasteiger partial charge in [-0.05, 0) is 13.8 Å². The minimum atomic E-state index is -0.668. The van der Waals surface area contributed by atoms with Crippen LogP contribution in [0.2, 0.25) is 0 Å². The molecule has 3 N–H and O–H groups in total. The van der Waals surface area contributed by atoms with E-state index in [1.165, 1.54) is 20.2 Å². The number of nitrogens with two attached hydrogens (primary N) is 1. The number of nitrogens with one attached hydrogen (secondary N) is 1. The smallest absolute Gasteiger partial charge is 0.239 e. The van der Waals surface area contributed by atoms with E-state index in [0.29, 0.717) is 0 Å². The van der Waals surface area contributed by atoms with Gasteiger partial charge in [-0.15, -0.1) is 0 Å². The number of hydrogen-bond donors (Lipinski definition) is 2. The van der Waals surface area contributed by atoms with Gasteiger partial charge < -0.3 is 11.1 Å². The highest BCUT2D eigenvalue weighted by Gasteiger charge is 2.13. The molecule has 0 fully saturated rings. The number of rotatable bonds is 3. The topological polar surface area (TPSA) is 80.9 Å². The van der Waals surface area contributed by atoms with Gasteiger partial charge in [0.25, 0.3) is 0 Å². The normalized spacial score (nSPS) is 12.2. The standard InChI is InChI=1S/C8H11FN4O/c1-4-6(9)8(12-3-11-4)13-5(2)7(10)14/h3,5H,1-2H3,(H2,10,14)(H,11,12,13). The number of aromatic nitrogens is 2. The molecule has 1 amide bonds. The Morgan fingerprint density at radius 1 is 1.64 bits per heavy atom.